The molecule has 0 spiro atoms. The minimum absolute atomic E-state index is 0.226. The Morgan fingerprint density at radius 1 is 1.36 bits per heavy atom. The Hall–Kier alpha value is -1.85. The first-order valence-electron chi connectivity index (χ1n) is 2.88. The van der Waals surface area contributed by atoms with Crippen molar-refractivity contribution in [3.63, 3.8) is 0 Å². The number of aromatic amines is 1. The van der Waals surface area contributed by atoms with Gasteiger partial charge in [0.15, 0.2) is 11.5 Å². The highest BCUT2D eigenvalue weighted by Gasteiger charge is 2.25. The normalized spacial score (nSPS) is 15.3. The van der Waals surface area contributed by atoms with E-state index in [0.29, 0.717) is 0 Å². The first-order valence-corrected chi connectivity index (χ1v) is 2.88. The second kappa shape index (κ2) is 1.82. The summed E-state index contributed by atoms with van der Waals surface area (Å²) in [5.41, 5.74) is 0.226. The Labute approximate surface area is 61.0 Å². The van der Waals surface area contributed by atoms with Crippen molar-refractivity contribution in [2.45, 2.75) is 0 Å². The van der Waals surface area contributed by atoms with Crippen LogP contribution in [0.25, 0.3) is 0 Å². The van der Waals surface area contributed by atoms with Crippen molar-refractivity contribution in [3.05, 3.63) is 12.0 Å². The first-order chi connectivity index (χ1) is 5.27. The standard InChI is InChI=1S/C5H3N4O2/c10-4-2-3(7-1-6-2)8-5(11)9-4/h1H,(H,6,7)(H,8,11). The number of imidazole rings is 1. The van der Waals surface area contributed by atoms with Crippen LogP contribution >= 0.6 is 0 Å². The van der Waals surface area contributed by atoms with Gasteiger partial charge < -0.3 is 4.98 Å². The summed E-state index contributed by atoms with van der Waals surface area (Å²) in [7, 11) is 0. The number of carbonyl (C=O) groups excluding carboxylic acids is 2. The lowest BCUT2D eigenvalue weighted by Crippen LogP contribution is -2.33. The van der Waals surface area contributed by atoms with E-state index in [9.17, 15) is 9.59 Å². The fourth-order valence-corrected chi connectivity index (χ4v) is 0.829. The summed E-state index contributed by atoms with van der Waals surface area (Å²) in [6.45, 7) is 0. The SMILES string of the molecule is O=C1[N]C(=O)c2[nH]cnc2N1. The molecule has 3 amide bonds. The number of rotatable bonds is 0. The second-order valence-corrected chi connectivity index (χ2v) is 1.97. The van der Waals surface area contributed by atoms with Gasteiger partial charge in [0.25, 0.3) is 0 Å². The molecule has 0 saturated carbocycles. The first kappa shape index (κ1) is 5.90. The van der Waals surface area contributed by atoms with E-state index in [1.54, 1.807) is 0 Å². The van der Waals surface area contributed by atoms with Crippen LogP contribution in [0.1, 0.15) is 10.5 Å². The van der Waals surface area contributed by atoms with Crippen molar-refractivity contribution in [2.24, 2.45) is 0 Å². The number of nitrogens with one attached hydrogen (secondary N) is 2. The van der Waals surface area contributed by atoms with Gasteiger partial charge in [-0.05, 0) is 0 Å². The van der Waals surface area contributed by atoms with Gasteiger partial charge in [-0.1, -0.05) is 0 Å². The topological polar surface area (TPSA) is 89.0 Å². The van der Waals surface area contributed by atoms with E-state index in [0.717, 1.165) is 0 Å². The summed E-state index contributed by atoms with van der Waals surface area (Å²) in [5.74, 6) is -0.337. The number of hydrogen-bond acceptors (Lipinski definition) is 3. The highest BCUT2D eigenvalue weighted by molar-refractivity contribution is 6.13. The maximum Gasteiger partial charge on any atom is 0.350 e. The van der Waals surface area contributed by atoms with E-state index < -0.39 is 11.9 Å². The van der Waals surface area contributed by atoms with Gasteiger partial charge in [0, 0.05) is 0 Å². The molecule has 0 bridgehead atoms. The highest BCUT2D eigenvalue weighted by atomic mass is 16.2. The van der Waals surface area contributed by atoms with Crippen LogP contribution in [0.3, 0.4) is 0 Å². The molecule has 0 aliphatic carbocycles. The fourth-order valence-electron chi connectivity index (χ4n) is 0.829. The lowest BCUT2D eigenvalue weighted by molar-refractivity contribution is 0.0956. The van der Waals surface area contributed by atoms with Crippen LogP contribution in [-0.2, 0) is 0 Å². The average Bonchev–Trinajstić information content (AvgIpc) is 2.34. The number of aromatic nitrogens is 2. The molecular formula is C5H3N4O2. The number of fused-ring (bicyclic) bond motifs is 1. The largest absolute Gasteiger partial charge is 0.350 e. The van der Waals surface area contributed by atoms with Gasteiger partial charge in [0.2, 0.25) is 0 Å². The van der Waals surface area contributed by atoms with Crippen LogP contribution in [0.4, 0.5) is 10.6 Å². The number of carbonyl (C=O) groups is 2. The third kappa shape index (κ3) is 0.759. The molecule has 2 rings (SSSR count). The summed E-state index contributed by atoms with van der Waals surface area (Å²) < 4.78 is 0. The zero-order chi connectivity index (χ0) is 7.84. The van der Waals surface area contributed by atoms with E-state index in [1.165, 1.54) is 6.33 Å². The van der Waals surface area contributed by atoms with E-state index in [1.807, 2.05) is 0 Å². The molecule has 55 valence electrons. The molecule has 1 aromatic rings. The average molecular weight is 151 g/mol. The maximum atomic E-state index is 10.9. The number of nitrogens with zero attached hydrogens (tertiary/aromatic N) is 2. The van der Waals surface area contributed by atoms with Gasteiger partial charge in [-0.25, -0.2) is 9.78 Å². The molecule has 2 heterocycles. The molecule has 1 radical (unpaired) electrons. The number of imide groups is 1. The number of anilines is 1. The Morgan fingerprint density at radius 3 is 3.00 bits per heavy atom. The van der Waals surface area contributed by atoms with E-state index >= 15 is 0 Å². The summed E-state index contributed by atoms with van der Waals surface area (Å²) >= 11 is 0. The molecule has 6 heteroatoms. The molecule has 6 nitrogen and oxygen atoms in total. The minimum atomic E-state index is -0.672. The number of H-pyrrole nitrogens is 1. The summed E-state index contributed by atoms with van der Waals surface area (Å²) in [4.78, 5) is 27.7. The zero-order valence-corrected chi connectivity index (χ0v) is 5.29. The van der Waals surface area contributed by atoms with Gasteiger partial charge in [0.05, 0.1) is 6.33 Å². The van der Waals surface area contributed by atoms with Crippen molar-refractivity contribution in [1.29, 1.82) is 0 Å². The Balaban J connectivity index is 2.52. The predicted molar refractivity (Wildman–Crippen MR) is 34.1 cm³/mol. The molecule has 0 atom stereocenters. The van der Waals surface area contributed by atoms with Crippen LogP contribution in [0, 0.1) is 0 Å². The van der Waals surface area contributed by atoms with E-state index in [2.05, 4.69) is 20.6 Å². The quantitative estimate of drug-likeness (QED) is 0.533. The van der Waals surface area contributed by atoms with Crippen molar-refractivity contribution in [2.75, 3.05) is 5.32 Å². The lowest BCUT2D eigenvalue weighted by atomic mass is 10.3. The molecule has 0 saturated heterocycles. The third-order valence-electron chi connectivity index (χ3n) is 1.28. The molecule has 0 aromatic carbocycles. The molecule has 1 aliphatic heterocycles. The predicted octanol–water partition coefficient (Wildman–Crippen LogP) is -0.300. The van der Waals surface area contributed by atoms with Gasteiger partial charge >= 0.3 is 11.9 Å². The third-order valence-corrected chi connectivity index (χ3v) is 1.28. The van der Waals surface area contributed by atoms with Crippen LogP contribution < -0.4 is 10.6 Å². The smallest absolute Gasteiger partial charge is 0.339 e. The molecule has 0 unspecified atom stereocenters. The van der Waals surface area contributed by atoms with Crippen LogP contribution in [0.15, 0.2) is 6.33 Å². The van der Waals surface area contributed by atoms with Crippen molar-refractivity contribution in [3.8, 4) is 0 Å². The zero-order valence-electron chi connectivity index (χ0n) is 5.29. The summed E-state index contributed by atoms with van der Waals surface area (Å²) in [6.07, 6.45) is 1.32. The summed E-state index contributed by atoms with van der Waals surface area (Å²) in [5, 5.41) is 5.44. The van der Waals surface area contributed by atoms with Crippen LogP contribution in [-0.4, -0.2) is 21.9 Å². The Kier molecular flexibility index (Phi) is 0.974. The second-order valence-electron chi connectivity index (χ2n) is 1.97. The van der Waals surface area contributed by atoms with E-state index in [-0.39, 0.29) is 11.5 Å². The number of urea groups is 1. The maximum absolute atomic E-state index is 10.9. The molecule has 1 aliphatic rings. The van der Waals surface area contributed by atoms with Gasteiger partial charge in [0.1, 0.15) is 0 Å². The minimum Gasteiger partial charge on any atom is -0.339 e. The number of amides is 3. The summed E-state index contributed by atoms with van der Waals surface area (Å²) in [6, 6.07) is -0.672. The molecular weight excluding hydrogens is 148 g/mol. The van der Waals surface area contributed by atoms with Gasteiger partial charge in [-0.3, -0.25) is 10.1 Å². The molecule has 0 fully saturated rings. The molecule has 1 aromatic heterocycles. The van der Waals surface area contributed by atoms with Gasteiger partial charge in [-0.2, -0.15) is 5.32 Å². The van der Waals surface area contributed by atoms with Crippen LogP contribution in [0.2, 0.25) is 0 Å². The number of hydrogen-bond donors (Lipinski definition) is 2. The molecule has 11 heavy (non-hydrogen) atoms. The lowest BCUT2D eigenvalue weighted by Gasteiger charge is -2.07. The van der Waals surface area contributed by atoms with Crippen LogP contribution in [0.5, 0.6) is 0 Å². The van der Waals surface area contributed by atoms with Crippen molar-refractivity contribution >= 4 is 17.8 Å². The monoisotopic (exact) mass is 151 g/mol. The Bertz CT molecular complexity index is 329. The van der Waals surface area contributed by atoms with E-state index in [4.69, 9.17) is 0 Å². The highest BCUT2D eigenvalue weighted by Crippen LogP contribution is 2.12. The van der Waals surface area contributed by atoms with Gasteiger partial charge in [-0.15, -0.1) is 0 Å². The van der Waals surface area contributed by atoms with Crippen molar-refractivity contribution < 1.29 is 9.59 Å². The molecule has 2 N–H and O–H groups in total. The Morgan fingerprint density at radius 2 is 2.18 bits per heavy atom. The fraction of sp³-hybridized carbons (Fsp3) is 0. The van der Waals surface area contributed by atoms with Crippen molar-refractivity contribution in [1.82, 2.24) is 15.3 Å².